The van der Waals surface area contributed by atoms with E-state index >= 15 is 0 Å². The highest BCUT2D eigenvalue weighted by molar-refractivity contribution is 6.08. The zero-order chi connectivity index (χ0) is 16.7. The van der Waals surface area contributed by atoms with Crippen LogP contribution in [0.15, 0.2) is 78.9 Å². The number of nitrogens with zero attached hydrogens (tertiary/aromatic N) is 1. The summed E-state index contributed by atoms with van der Waals surface area (Å²) in [6.07, 6.45) is 0. The van der Waals surface area contributed by atoms with E-state index in [1.54, 1.807) is 7.05 Å². The third-order valence-electron chi connectivity index (χ3n) is 4.68. The standard InChI is InChI=1S/C21H17NO2/c1-22-19-10-6-5-9-18(19)21(24,20(22)23)17-13-11-16(12-14-17)15-7-3-2-4-8-15/h2-14,24H,1H3. The molecule has 1 N–H and O–H groups in total. The molecule has 3 aromatic rings. The first-order chi connectivity index (χ1) is 11.6. The topological polar surface area (TPSA) is 40.5 Å². The second-order valence-electron chi connectivity index (χ2n) is 6.04. The van der Waals surface area contributed by atoms with Gasteiger partial charge in [-0.05, 0) is 22.8 Å². The van der Waals surface area contributed by atoms with Crippen molar-refractivity contribution in [1.82, 2.24) is 0 Å². The van der Waals surface area contributed by atoms with E-state index in [-0.39, 0.29) is 5.91 Å². The predicted molar refractivity (Wildman–Crippen MR) is 94.7 cm³/mol. The maximum Gasteiger partial charge on any atom is 0.268 e. The minimum atomic E-state index is -1.62. The number of carbonyl (C=O) groups excluding carboxylic acids is 1. The smallest absolute Gasteiger partial charge is 0.268 e. The summed E-state index contributed by atoms with van der Waals surface area (Å²) in [5.74, 6) is -0.323. The maximum absolute atomic E-state index is 12.7. The lowest BCUT2D eigenvalue weighted by molar-refractivity contribution is -0.131. The summed E-state index contributed by atoms with van der Waals surface area (Å²) >= 11 is 0. The first-order valence-electron chi connectivity index (χ1n) is 7.88. The van der Waals surface area contributed by atoms with Gasteiger partial charge in [-0.3, -0.25) is 4.79 Å². The van der Waals surface area contributed by atoms with E-state index in [0.717, 1.165) is 16.8 Å². The van der Waals surface area contributed by atoms with Gasteiger partial charge in [-0.2, -0.15) is 0 Å². The fourth-order valence-electron chi connectivity index (χ4n) is 3.35. The molecule has 1 amide bonds. The van der Waals surface area contributed by atoms with Crippen LogP contribution in [0.3, 0.4) is 0 Å². The molecule has 0 saturated carbocycles. The van der Waals surface area contributed by atoms with E-state index in [1.165, 1.54) is 4.90 Å². The lowest BCUT2D eigenvalue weighted by Crippen LogP contribution is -2.39. The number of para-hydroxylation sites is 1. The van der Waals surface area contributed by atoms with Gasteiger partial charge in [0.15, 0.2) is 5.60 Å². The molecule has 0 saturated heterocycles. The van der Waals surface area contributed by atoms with Crippen LogP contribution in [0.25, 0.3) is 11.1 Å². The first kappa shape index (κ1) is 14.7. The van der Waals surface area contributed by atoms with Crippen molar-refractivity contribution >= 4 is 11.6 Å². The Labute approximate surface area is 140 Å². The van der Waals surface area contributed by atoms with Gasteiger partial charge in [-0.25, -0.2) is 0 Å². The Morgan fingerprint density at radius 2 is 1.38 bits per heavy atom. The number of benzene rings is 3. The molecule has 0 radical (unpaired) electrons. The molecule has 0 aromatic heterocycles. The van der Waals surface area contributed by atoms with Crippen molar-refractivity contribution in [1.29, 1.82) is 0 Å². The molecule has 24 heavy (non-hydrogen) atoms. The van der Waals surface area contributed by atoms with Crippen LogP contribution in [0.1, 0.15) is 11.1 Å². The highest BCUT2D eigenvalue weighted by Crippen LogP contribution is 2.43. The molecule has 0 fully saturated rings. The molecule has 3 heteroatoms. The van der Waals surface area contributed by atoms with Gasteiger partial charge in [0.05, 0.1) is 5.69 Å². The molecule has 0 aliphatic carbocycles. The lowest BCUT2D eigenvalue weighted by Gasteiger charge is -2.22. The molecule has 1 aliphatic heterocycles. The number of hydrogen-bond donors (Lipinski definition) is 1. The van der Waals surface area contributed by atoms with Crippen molar-refractivity contribution in [3.05, 3.63) is 90.0 Å². The van der Waals surface area contributed by atoms with Crippen molar-refractivity contribution < 1.29 is 9.90 Å². The van der Waals surface area contributed by atoms with Crippen molar-refractivity contribution in [2.45, 2.75) is 5.60 Å². The summed E-state index contributed by atoms with van der Waals surface area (Å²) in [7, 11) is 1.69. The Morgan fingerprint density at radius 1 is 0.792 bits per heavy atom. The van der Waals surface area contributed by atoms with Crippen LogP contribution in [0, 0.1) is 0 Å². The van der Waals surface area contributed by atoms with Crippen LogP contribution >= 0.6 is 0 Å². The van der Waals surface area contributed by atoms with Crippen LogP contribution in [-0.4, -0.2) is 18.1 Å². The second-order valence-corrected chi connectivity index (χ2v) is 6.04. The van der Waals surface area contributed by atoms with Gasteiger partial charge < -0.3 is 10.0 Å². The predicted octanol–water partition coefficient (Wildman–Crippen LogP) is 3.57. The van der Waals surface area contributed by atoms with E-state index in [2.05, 4.69) is 0 Å². The summed E-state index contributed by atoms with van der Waals surface area (Å²) in [6.45, 7) is 0. The van der Waals surface area contributed by atoms with Crippen molar-refractivity contribution in [2.24, 2.45) is 0 Å². The highest BCUT2D eigenvalue weighted by atomic mass is 16.3. The van der Waals surface area contributed by atoms with Crippen molar-refractivity contribution in [2.75, 3.05) is 11.9 Å². The van der Waals surface area contributed by atoms with E-state index < -0.39 is 5.60 Å². The van der Waals surface area contributed by atoms with Crippen LogP contribution < -0.4 is 4.90 Å². The summed E-state index contributed by atoms with van der Waals surface area (Å²) in [4.78, 5) is 14.2. The Bertz CT molecular complexity index is 903. The van der Waals surface area contributed by atoms with Crippen LogP contribution in [0.5, 0.6) is 0 Å². The lowest BCUT2D eigenvalue weighted by atomic mass is 9.86. The van der Waals surface area contributed by atoms with Gasteiger partial charge in [-0.1, -0.05) is 72.8 Å². The van der Waals surface area contributed by atoms with E-state index in [4.69, 9.17) is 0 Å². The van der Waals surface area contributed by atoms with Crippen LogP contribution in [0.2, 0.25) is 0 Å². The van der Waals surface area contributed by atoms with Gasteiger partial charge in [0.2, 0.25) is 0 Å². The van der Waals surface area contributed by atoms with Gasteiger partial charge in [0.25, 0.3) is 5.91 Å². The molecule has 118 valence electrons. The zero-order valence-corrected chi connectivity index (χ0v) is 13.3. The van der Waals surface area contributed by atoms with E-state index in [0.29, 0.717) is 11.1 Å². The second kappa shape index (κ2) is 5.32. The number of hydrogen-bond acceptors (Lipinski definition) is 2. The molecule has 1 heterocycles. The number of likely N-dealkylation sites (N-methyl/N-ethyl adjacent to an activating group) is 1. The van der Waals surface area contributed by atoms with Gasteiger partial charge in [0.1, 0.15) is 0 Å². The van der Waals surface area contributed by atoms with Gasteiger partial charge in [-0.15, -0.1) is 0 Å². The molecule has 4 rings (SSSR count). The zero-order valence-electron chi connectivity index (χ0n) is 13.3. The number of rotatable bonds is 2. The molecular formula is C21H17NO2. The fraction of sp³-hybridized carbons (Fsp3) is 0.0952. The summed E-state index contributed by atoms with van der Waals surface area (Å²) in [5.41, 5.74) is 2.49. The number of fused-ring (bicyclic) bond motifs is 1. The van der Waals surface area contributed by atoms with Gasteiger partial charge >= 0.3 is 0 Å². The summed E-state index contributed by atoms with van der Waals surface area (Å²) in [6, 6.07) is 24.9. The first-order valence-corrected chi connectivity index (χ1v) is 7.88. The van der Waals surface area contributed by atoms with Crippen LogP contribution in [-0.2, 0) is 10.4 Å². The minimum absolute atomic E-state index is 0.323. The molecule has 1 unspecified atom stereocenters. The van der Waals surface area contributed by atoms with Crippen molar-refractivity contribution in [3.63, 3.8) is 0 Å². The van der Waals surface area contributed by atoms with Crippen molar-refractivity contribution in [3.8, 4) is 11.1 Å². The minimum Gasteiger partial charge on any atom is -0.372 e. The Hall–Kier alpha value is -2.91. The summed E-state index contributed by atoms with van der Waals surface area (Å²) < 4.78 is 0. The van der Waals surface area contributed by atoms with Gasteiger partial charge in [0, 0.05) is 12.6 Å². The normalized spacial score (nSPS) is 19.4. The summed E-state index contributed by atoms with van der Waals surface area (Å²) in [5, 5.41) is 11.2. The fourth-order valence-corrected chi connectivity index (χ4v) is 3.35. The van der Waals surface area contributed by atoms with Crippen LogP contribution in [0.4, 0.5) is 5.69 Å². The molecule has 0 spiro atoms. The van der Waals surface area contributed by atoms with E-state index in [1.807, 2.05) is 78.9 Å². The molecular weight excluding hydrogens is 298 g/mol. The Balaban J connectivity index is 1.80. The molecule has 0 bridgehead atoms. The van der Waals surface area contributed by atoms with E-state index in [9.17, 15) is 9.90 Å². The monoisotopic (exact) mass is 315 g/mol. The largest absolute Gasteiger partial charge is 0.372 e. The average molecular weight is 315 g/mol. The molecule has 1 aliphatic rings. The number of aliphatic hydroxyl groups is 1. The highest BCUT2D eigenvalue weighted by Gasteiger charge is 2.49. The number of anilines is 1. The Morgan fingerprint density at radius 3 is 2.08 bits per heavy atom. The molecule has 3 nitrogen and oxygen atoms in total. The quantitative estimate of drug-likeness (QED) is 0.785. The molecule has 1 atom stereocenters. The SMILES string of the molecule is CN1C(=O)C(O)(c2ccc(-c3ccccc3)cc2)c2ccccc21. The maximum atomic E-state index is 12.7. The average Bonchev–Trinajstić information content (AvgIpc) is 2.85. The third kappa shape index (κ3) is 1.99. The number of carbonyl (C=O) groups is 1. The Kier molecular flexibility index (Phi) is 3.25. The number of amides is 1. The molecule has 3 aromatic carbocycles. The third-order valence-corrected chi connectivity index (χ3v) is 4.68.